The van der Waals surface area contributed by atoms with Crippen molar-refractivity contribution >= 4 is 28.7 Å². The summed E-state index contributed by atoms with van der Waals surface area (Å²) in [6, 6.07) is 6.69. The van der Waals surface area contributed by atoms with Crippen LogP contribution in [-0.4, -0.2) is 40.4 Å². The first-order valence-electron chi connectivity index (χ1n) is 9.08. The van der Waals surface area contributed by atoms with E-state index in [9.17, 15) is 9.59 Å². The van der Waals surface area contributed by atoms with Crippen LogP contribution >= 0.6 is 11.8 Å². The largest absolute Gasteiger partial charge is 0.497 e. The van der Waals surface area contributed by atoms with E-state index < -0.39 is 5.91 Å². The Balaban J connectivity index is 2.20. The highest BCUT2D eigenvalue weighted by atomic mass is 32.2. The van der Waals surface area contributed by atoms with Gasteiger partial charge in [-0.1, -0.05) is 11.8 Å². The highest BCUT2D eigenvalue weighted by Crippen LogP contribution is 2.26. The number of carbonyl (C=O) groups excluding carboxylic acids is 1. The maximum absolute atomic E-state index is 13.2. The van der Waals surface area contributed by atoms with Gasteiger partial charge >= 0.3 is 0 Å². The molecule has 0 fully saturated rings. The molecule has 1 aromatic carbocycles. The second-order valence-corrected chi connectivity index (χ2v) is 6.83. The van der Waals surface area contributed by atoms with Gasteiger partial charge in [0.1, 0.15) is 11.4 Å². The first-order chi connectivity index (χ1) is 14.0. The van der Waals surface area contributed by atoms with Crippen molar-refractivity contribution in [3.8, 4) is 16.9 Å². The van der Waals surface area contributed by atoms with Crippen LogP contribution in [0, 0.1) is 0 Å². The molecule has 3 rings (SSSR count). The van der Waals surface area contributed by atoms with Crippen molar-refractivity contribution in [1.29, 1.82) is 0 Å². The molecule has 0 unspecified atom stereocenters. The molecule has 2 aromatic heterocycles. The average Bonchev–Trinajstić information content (AvgIpc) is 2.76. The van der Waals surface area contributed by atoms with E-state index in [1.165, 1.54) is 18.9 Å². The lowest BCUT2D eigenvalue weighted by molar-refractivity contribution is 0.0364. The monoisotopic (exact) mass is 414 g/mol. The topological polar surface area (TPSA) is 95.3 Å². The minimum absolute atomic E-state index is 0.199. The Labute approximate surface area is 172 Å². The number of hydroxylamine groups is 1. The Kier molecular flexibility index (Phi) is 6.50. The molecule has 8 nitrogen and oxygen atoms in total. The van der Waals surface area contributed by atoms with Crippen LogP contribution in [0.2, 0.25) is 0 Å². The van der Waals surface area contributed by atoms with Gasteiger partial charge < -0.3 is 4.74 Å². The zero-order valence-electron chi connectivity index (χ0n) is 16.7. The maximum atomic E-state index is 13.2. The van der Waals surface area contributed by atoms with Gasteiger partial charge in [0.25, 0.3) is 11.5 Å². The van der Waals surface area contributed by atoms with E-state index in [0.717, 1.165) is 5.39 Å². The van der Waals surface area contributed by atoms with E-state index in [1.807, 2.05) is 13.2 Å². The number of hydrogen-bond acceptors (Lipinski definition) is 7. The normalized spacial score (nSPS) is 10.9. The van der Waals surface area contributed by atoms with E-state index in [1.54, 1.807) is 42.0 Å². The third kappa shape index (κ3) is 4.25. The second kappa shape index (κ2) is 9.06. The van der Waals surface area contributed by atoms with Gasteiger partial charge in [0.05, 0.1) is 13.7 Å². The number of methoxy groups -OCH3 is 1. The molecule has 9 heteroatoms. The van der Waals surface area contributed by atoms with Gasteiger partial charge in [0.2, 0.25) is 0 Å². The number of hydrogen-bond donors (Lipinski definition) is 1. The fourth-order valence-electron chi connectivity index (χ4n) is 2.94. The fraction of sp³-hybridized carbons (Fsp3) is 0.300. The highest BCUT2D eigenvalue weighted by Gasteiger charge is 2.16. The molecule has 29 heavy (non-hydrogen) atoms. The van der Waals surface area contributed by atoms with Gasteiger partial charge in [-0.15, -0.1) is 0 Å². The summed E-state index contributed by atoms with van der Waals surface area (Å²) >= 11 is 1.42. The van der Waals surface area contributed by atoms with Crippen LogP contribution in [-0.2, 0) is 11.4 Å². The Morgan fingerprint density at radius 2 is 2.03 bits per heavy atom. The molecule has 3 aromatic rings. The Hall–Kier alpha value is -2.91. The number of fused-ring (bicyclic) bond motifs is 1. The van der Waals surface area contributed by atoms with E-state index in [0.29, 0.717) is 46.4 Å². The lowest BCUT2D eigenvalue weighted by Crippen LogP contribution is -2.24. The van der Waals surface area contributed by atoms with Crippen molar-refractivity contribution in [2.24, 2.45) is 0 Å². The minimum Gasteiger partial charge on any atom is -0.497 e. The van der Waals surface area contributed by atoms with E-state index >= 15 is 0 Å². The number of benzene rings is 1. The molecule has 0 saturated carbocycles. The lowest BCUT2D eigenvalue weighted by atomic mass is 10.0. The van der Waals surface area contributed by atoms with Crippen LogP contribution in [0.15, 0.2) is 40.4 Å². The Morgan fingerprint density at radius 1 is 1.24 bits per heavy atom. The molecule has 2 heterocycles. The molecule has 0 aliphatic carbocycles. The number of carbonyl (C=O) groups is 1. The number of nitrogens with zero attached hydrogens (tertiary/aromatic N) is 3. The molecule has 0 saturated heterocycles. The number of rotatable bonds is 7. The summed E-state index contributed by atoms with van der Waals surface area (Å²) in [5.74, 6) is 0.0391. The van der Waals surface area contributed by atoms with Crippen LogP contribution in [0.4, 0.5) is 0 Å². The van der Waals surface area contributed by atoms with Crippen molar-refractivity contribution in [1.82, 2.24) is 20.0 Å². The van der Waals surface area contributed by atoms with Gasteiger partial charge in [-0.3, -0.25) is 19.0 Å². The standard InChI is InChI=1S/C20H22N4O4S/c1-5-24-17-14(11-21-20(22-17)29-4)10-16(19(24)26)12-7-13(9-15(8-12)27-3)18(25)23-28-6-2/h7-11H,5-6H2,1-4H3,(H,23,25). The number of aryl methyl sites for hydroxylation is 1. The summed E-state index contributed by atoms with van der Waals surface area (Å²) in [6.45, 7) is 4.45. The average molecular weight is 414 g/mol. The summed E-state index contributed by atoms with van der Waals surface area (Å²) in [5.41, 5.74) is 4.06. The zero-order valence-corrected chi connectivity index (χ0v) is 17.5. The van der Waals surface area contributed by atoms with E-state index in [-0.39, 0.29) is 5.56 Å². The number of ether oxygens (including phenoxy) is 1. The molecule has 0 bridgehead atoms. The predicted molar refractivity (Wildman–Crippen MR) is 112 cm³/mol. The summed E-state index contributed by atoms with van der Waals surface area (Å²) in [4.78, 5) is 39.3. The van der Waals surface area contributed by atoms with Crippen LogP contribution in [0.1, 0.15) is 24.2 Å². The first-order valence-corrected chi connectivity index (χ1v) is 10.3. The van der Waals surface area contributed by atoms with Crippen molar-refractivity contribution in [2.45, 2.75) is 25.5 Å². The zero-order chi connectivity index (χ0) is 21.0. The van der Waals surface area contributed by atoms with Gasteiger partial charge in [0, 0.05) is 29.3 Å². The molecule has 1 amide bonds. The van der Waals surface area contributed by atoms with Crippen molar-refractivity contribution in [3.63, 3.8) is 0 Å². The van der Waals surface area contributed by atoms with Gasteiger partial charge in [-0.2, -0.15) is 0 Å². The number of nitrogens with one attached hydrogen (secondary N) is 1. The van der Waals surface area contributed by atoms with Crippen LogP contribution in [0.3, 0.4) is 0 Å². The lowest BCUT2D eigenvalue weighted by Gasteiger charge is -2.13. The molecule has 1 N–H and O–H groups in total. The van der Waals surface area contributed by atoms with Crippen molar-refractivity contribution in [2.75, 3.05) is 20.0 Å². The second-order valence-electron chi connectivity index (χ2n) is 6.06. The van der Waals surface area contributed by atoms with Gasteiger partial charge in [0.15, 0.2) is 5.16 Å². The third-order valence-corrected chi connectivity index (χ3v) is 4.89. The summed E-state index contributed by atoms with van der Waals surface area (Å²) < 4.78 is 6.93. The summed E-state index contributed by atoms with van der Waals surface area (Å²) in [5, 5.41) is 1.34. The SMILES string of the molecule is CCONC(=O)c1cc(OC)cc(-c2cc3cnc(SC)nc3n(CC)c2=O)c1. The minimum atomic E-state index is -0.420. The third-order valence-electron chi connectivity index (χ3n) is 4.33. The molecule has 152 valence electrons. The van der Waals surface area contributed by atoms with Crippen LogP contribution < -0.4 is 15.8 Å². The highest BCUT2D eigenvalue weighted by molar-refractivity contribution is 7.98. The fourth-order valence-corrected chi connectivity index (χ4v) is 3.28. The summed E-state index contributed by atoms with van der Waals surface area (Å²) in [7, 11) is 1.51. The molecule has 0 radical (unpaired) electrons. The van der Waals surface area contributed by atoms with Crippen LogP contribution in [0.5, 0.6) is 5.75 Å². The molecular formula is C20H22N4O4S. The molecule has 0 aliphatic rings. The molecule has 0 atom stereocenters. The van der Waals surface area contributed by atoms with Gasteiger partial charge in [-0.25, -0.2) is 15.4 Å². The number of aromatic nitrogens is 3. The Bertz CT molecular complexity index is 1110. The van der Waals surface area contributed by atoms with E-state index in [4.69, 9.17) is 9.57 Å². The smallest absolute Gasteiger partial charge is 0.274 e. The molecule has 0 spiro atoms. The molecular weight excluding hydrogens is 392 g/mol. The maximum Gasteiger partial charge on any atom is 0.274 e. The first kappa shape index (κ1) is 20.8. The quantitative estimate of drug-likeness (QED) is 0.361. The number of amides is 1. The van der Waals surface area contributed by atoms with E-state index in [2.05, 4.69) is 15.4 Å². The predicted octanol–water partition coefficient (Wildman–Crippen LogP) is 2.89. The summed E-state index contributed by atoms with van der Waals surface area (Å²) in [6.07, 6.45) is 3.58. The van der Waals surface area contributed by atoms with Crippen molar-refractivity contribution < 1.29 is 14.4 Å². The van der Waals surface area contributed by atoms with Gasteiger partial charge in [-0.05, 0) is 49.9 Å². The molecule has 0 aliphatic heterocycles. The Morgan fingerprint density at radius 3 is 2.69 bits per heavy atom. The number of pyridine rings is 1. The number of thioether (sulfide) groups is 1. The van der Waals surface area contributed by atoms with Crippen molar-refractivity contribution in [3.05, 3.63) is 46.4 Å². The van der Waals surface area contributed by atoms with Crippen LogP contribution in [0.25, 0.3) is 22.2 Å².